The Morgan fingerprint density at radius 3 is 2.58 bits per heavy atom. The summed E-state index contributed by atoms with van der Waals surface area (Å²) in [5, 5.41) is 3.94. The lowest BCUT2D eigenvalue weighted by molar-refractivity contribution is -0.137. The van der Waals surface area contributed by atoms with Crippen LogP contribution in [0.1, 0.15) is 25.0 Å². The van der Waals surface area contributed by atoms with Crippen molar-refractivity contribution in [2.75, 3.05) is 7.05 Å². The van der Waals surface area contributed by atoms with Gasteiger partial charge in [0.2, 0.25) is 5.91 Å². The van der Waals surface area contributed by atoms with Gasteiger partial charge in [-0.25, -0.2) is 5.43 Å². The number of alkyl halides is 3. The molecule has 0 spiro atoms. The largest absolute Gasteiger partial charge is 0.417 e. The Morgan fingerprint density at radius 1 is 1.42 bits per heavy atom. The highest BCUT2D eigenvalue weighted by molar-refractivity contribution is 6.32. The van der Waals surface area contributed by atoms with Crippen LogP contribution < -0.4 is 10.7 Å². The van der Waals surface area contributed by atoms with Gasteiger partial charge in [0.25, 0.3) is 0 Å². The van der Waals surface area contributed by atoms with Crippen molar-refractivity contribution < 1.29 is 18.0 Å². The van der Waals surface area contributed by atoms with Crippen LogP contribution in [0.15, 0.2) is 30.5 Å². The van der Waals surface area contributed by atoms with Crippen LogP contribution in [-0.4, -0.2) is 23.5 Å². The van der Waals surface area contributed by atoms with Crippen molar-refractivity contribution in [1.29, 1.82) is 0 Å². The summed E-state index contributed by atoms with van der Waals surface area (Å²) in [4.78, 5) is 12.6. The molecule has 1 heterocycles. The molecule has 1 amide bonds. The maximum Gasteiger partial charge on any atom is 0.417 e. The fourth-order valence-electron chi connectivity index (χ4n) is 2.56. The summed E-state index contributed by atoms with van der Waals surface area (Å²) in [6.45, 7) is 3.68. The van der Waals surface area contributed by atoms with E-state index in [2.05, 4.69) is 10.7 Å². The minimum atomic E-state index is -4.53. The Balaban J connectivity index is 2.17. The van der Waals surface area contributed by atoms with Crippen LogP contribution in [0.2, 0.25) is 5.02 Å². The third kappa shape index (κ3) is 3.52. The number of nitrogens with zero attached hydrogens (tertiary/aromatic N) is 1. The second kappa shape index (κ2) is 6.64. The van der Waals surface area contributed by atoms with E-state index in [4.69, 9.17) is 11.6 Å². The molecule has 1 aromatic carbocycles. The Labute approximate surface area is 143 Å². The monoisotopic (exact) mass is 361 g/mol. The summed E-state index contributed by atoms with van der Waals surface area (Å²) in [6.07, 6.45) is -1.06. The maximum atomic E-state index is 12.9. The van der Waals surface area contributed by atoms with E-state index in [1.807, 2.05) is 13.8 Å². The molecule has 0 aliphatic carbocycles. The minimum Gasteiger partial charge on any atom is -0.350 e. The van der Waals surface area contributed by atoms with Gasteiger partial charge in [-0.15, -0.1) is 0 Å². The molecule has 0 fully saturated rings. The van der Waals surface area contributed by atoms with Crippen molar-refractivity contribution in [3.05, 3.63) is 46.6 Å². The van der Waals surface area contributed by atoms with E-state index < -0.39 is 22.3 Å². The average Bonchev–Trinajstić information content (AvgIpc) is 2.88. The lowest BCUT2D eigenvalue weighted by Gasteiger charge is -2.32. The summed E-state index contributed by atoms with van der Waals surface area (Å²) in [5.41, 5.74) is 1.42. The fraction of sp³-hybridized carbons (Fsp3) is 0.438. The number of rotatable bonds is 4. The summed E-state index contributed by atoms with van der Waals surface area (Å²) in [6, 6.07) is 3.65. The molecule has 2 rings (SSSR count). The number of carbonyl (C=O) groups excluding carboxylic acids is 1. The second-order valence-corrected chi connectivity index (χ2v) is 6.40. The molecule has 0 saturated carbocycles. The van der Waals surface area contributed by atoms with E-state index >= 15 is 0 Å². The smallest absolute Gasteiger partial charge is 0.350 e. The highest BCUT2D eigenvalue weighted by atomic mass is 35.5. The summed E-state index contributed by atoms with van der Waals surface area (Å²) in [7, 11) is 1.76. The Hall–Kier alpha value is -1.73. The van der Waals surface area contributed by atoms with E-state index in [1.54, 1.807) is 24.3 Å². The average molecular weight is 362 g/mol. The topological polar surface area (TPSA) is 44.4 Å². The molecule has 8 heteroatoms. The van der Waals surface area contributed by atoms with Crippen molar-refractivity contribution in [2.45, 2.75) is 32.1 Å². The van der Waals surface area contributed by atoms with Gasteiger partial charge in [0.05, 0.1) is 10.6 Å². The number of halogens is 4. The molecule has 1 aromatic rings. The van der Waals surface area contributed by atoms with Crippen LogP contribution in [0.3, 0.4) is 0 Å². The predicted octanol–water partition coefficient (Wildman–Crippen LogP) is 3.33. The highest BCUT2D eigenvalue weighted by Crippen LogP contribution is 2.36. The lowest BCUT2D eigenvalue weighted by atomic mass is 9.86. The summed E-state index contributed by atoms with van der Waals surface area (Å²) < 4.78 is 38.7. The molecule has 1 atom stereocenters. The van der Waals surface area contributed by atoms with E-state index in [9.17, 15) is 18.0 Å². The molecule has 0 radical (unpaired) electrons. The zero-order valence-electron chi connectivity index (χ0n) is 13.5. The normalized spacial score (nSPS) is 20.8. The Kier molecular flexibility index (Phi) is 5.15. The minimum absolute atomic E-state index is 0.0596. The quantitative estimate of drug-likeness (QED) is 0.864. The first-order valence-electron chi connectivity index (χ1n) is 7.41. The number of hydrogen-bond donors (Lipinski definition) is 2. The lowest BCUT2D eigenvalue weighted by Crippen LogP contribution is -2.59. The molecule has 132 valence electrons. The summed E-state index contributed by atoms with van der Waals surface area (Å²) in [5.74, 6) is -0.387. The van der Waals surface area contributed by atoms with Crippen LogP contribution in [0.5, 0.6) is 0 Å². The van der Waals surface area contributed by atoms with Gasteiger partial charge in [-0.2, -0.15) is 13.2 Å². The van der Waals surface area contributed by atoms with Crippen molar-refractivity contribution in [3.63, 3.8) is 0 Å². The molecular formula is C16H19ClF3N3O. The van der Waals surface area contributed by atoms with Crippen molar-refractivity contribution in [1.82, 2.24) is 15.8 Å². The van der Waals surface area contributed by atoms with Crippen LogP contribution in [0.4, 0.5) is 13.2 Å². The van der Waals surface area contributed by atoms with Crippen LogP contribution in [0, 0.1) is 5.92 Å². The Morgan fingerprint density at radius 2 is 2.08 bits per heavy atom. The van der Waals surface area contributed by atoms with E-state index in [-0.39, 0.29) is 23.9 Å². The number of benzene rings is 1. The molecule has 24 heavy (non-hydrogen) atoms. The Bertz CT molecular complexity index is 660. The van der Waals surface area contributed by atoms with Gasteiger partial charge in [-0.05, 0) is 23.6 Å². The molecule has 0 saturated heterocycles. The van der Waals surface area contributed by atoms with Gasteiger partial charge >= 0.3 is 6.18 Å². The van der Waals surface area contributed by atoms with Gasteiger partial charge in [0.1, 0.15) is 5.54 Å². The zero-order chi connectivity index (χ0) is 18.1. The zero-order valence-corrected chi connectivity index (χ0v) is 14.3. The summed E-state index contributed by atoms with van der Waals surface area (Å²) >= 11 is 5.85. The first-order chi connectivity index (χ1) is 11.1. The van der Waals surface area contributed by atoms with Gasteiger partial charge in [0, 0.05) is 19.8 Å². The molecule has 1 unspecified atom stereocenters. The third-order valence-electron chi connectivity index (χ3n) is 4.03. The van der Waals surface area contributed by atoms with Crippen molar-refractivity contribution in [3.8, 4) is 0 Å². The fourth-order valence-corrected chi connectivity index (χ4v) is 2.86. The van der Waals surface area contributed by atoms with Gasteiger partial charge in [0.15, 0.2) is 0 Å². The molecule has 0 bridgehead atoms. The van der Waals surface area contributed by atoms with Crippen LogP contribution in [-0.2, 0) is 17.5 Å². The molecule has 4 nitrogen and oxygen atoms in total. The number of hydrazine groups is 1. The van der Waals surface area contributed by atoms with Crippen molar-refractivity contribution in [2.24, 2.45) is 5.92 Å². The first kappa shape index (κ1) is 18.6. The van der Waals surface area contributed by atoms with Gasteiger partial charge in [-0.1, -0.05) is 37.6 Å². The standard InChI is InChI=1S/C16H19ClF3N3O/c1-10(2)15(7-8-23(3)22-15)14(24)21-9-11-5-4-6-12(13(11)17)16(18,19)20/h4-8,10,22H,9H2,1-3H3,(H,21,24). The highest BCUT2D eigenvalue weighted by Gasteiger charge is 2.42. The van der Waals surface area contributed by atoms with Crippen molar-refractivity contribution >= 4 is 17.5 Å². The molecule has 2 N–H and O–H groups in total. The van der Waals surface area contributed by atoms with Crippen LogP contribution >= 0.6 is 11.6 Å². The van der Waals surface area contributed by atoms with Crippen LogP contribution in [0.25, 0.3) is 0 Å². The third-order valence-corrected chi connectivity index (χ3v) is 4.48. The second-order valence-electron chi connectivity index (χ2n) is 6.02. The molecule has 1 aliphatic rings. The number of nitrogens with one attached hydrogen (secondary N) is 2. The molecular weight excluding hydrogens is 343 g/mol. The van der Waals surface area contributed by atoms with Gasteiger partial charge < -0.3 is 10.3 Å². The van der Waals surface area contributed by atoms with Gasteiger partial charge in [-0.3, -0.25) is 4.79 Å². The van der Waals surface area contributed by atoms with E-state index in [0.29, 0.717) is 0 Å². The van der Waals surface area contributed by atoms with E-state index in [1.165, 1.54) is 12.1 Å². The number of amides is 1. The molecule has 1 aliphatic heterocycles. The number of hydrogen-bond acceptors (Lipinski definition) is 3. The maximum absolute atomic E-state index is 12.9. The number of carbonyl (C=O) groups is 1. The predicted molar refractivity (Wildman–Crippen MR) is 85.9 cm³/mol. The first-order valence-corrected chi connectivity index (χ1v) is 7.78. The SMILES string of the molecule is CC(C)C1(C(=O)NCc2cccc(C(F)(F)F)c2Cl)C=CN(C)N1. The molecule has 0 aromatic heterocycles. The van der Waals surface area contributed by atoms with E-state index in [0.717, 1.165) is 6.07 Å².